The summed E-state index contributed by atoms with van der Waals surface area (Å²) in [6, 6.07) is 9.90. The van der Waals surface area contributed by atoms with Gasteiger partial charge in [-0.1, -0.05) is 0 Å². The van der Waals surface area contributed by atoms with Crippen LogP contribution in [-0.4, -0.2) is 43.7 Å². The molecule has 1 aliphatic heterocycles. The second-order valence-electron chi connectivity index (χ2n) is 6.64. The molecule has 8 heteroatoms. The summed E-state index contributed by atoms with van der Waals surface area (Å²) >= 11 is 1.60. The molecule has 1 aromatic carbocycles. The van der Waals surface area contributed by atoms with Crippen LogP contribution in [0.5, 0.6) is 0 Å². The third kappa shape index (κ3) is 4.38. The van der Waals surface area contributed by atoms with Crippen molar-refractivity contribution in [3.05, 3.63) is 52.2 Å². The van der Waals surface area contributed by atoms with E-state index in [9.17, 15) is 13.2 Å². The monoisotopic (exact) mass is 403 g/mol. The van der Waals surface area contributed by atoms with E-state index in [1.54, 1.807) is 23.3 Å². The SMILES string of the molecule is CN(Cc1ccsc1)C(=O)C1CCN(S(=O)(=O)c2ccc(C#N)cc2)CC1. The molecule has 0 aliphatic carbocycles. The molecule has 27 heavy (non-hydrogen) atoms. The first-order valence-electron chi connectivity index (χ1n) is 8.68. The molecular weight excluding hydrogens is 382 g/mol. The Morgan fingerprint density at radius 2 is 1.93 bits per heavy atom. The summed E-state index contributed by atoms with van der Waals surface area (Å²) in [4.78, 5) is 14.6. The highest BCUT2D eigenvalue weighted by Gasteiger charge is 2.33. The molecule has 142 valence electrons. The Hall–Kier alpha value is -2.21. The van der Waals surface area contributed by atoms with E-state index in [1.165, 1.54) is 28.6 Å². The van der Waals surface area contributed by atoms with Gasteiger partial charge < -0.3 is 4.90 Å². The maximum atomic E-state index is 12.8. The number of piperidine rings is 1. The number of carbonyl (C=O) groups is 1. The van der Waals surface area contributed by atoms with Crippen molar-refractivity contribution >= 4 is 27.3 Å². The van der Waals surface area contributed by atoms with E-state index < -0.39 is 10.0 Å². The zero-order valence-corrected chi connectivity index (χ0v) is 16.7. The number of hydrogen-bond donors (Lipinski definition) is 0. The molecule has 1 amide bonds. The first kappa shape index (κ1) is 19.5. The summed E-state index contributed by atoms with van der Waals surface area (Å²) in [7, 11) is -1.81. The molecule has 0 N–H and O–H groups in total. The van der Waals surface area contributed by atoms with Crippen LogP contribution in [0.15, 0.2) is 46.0 Å². The molecule has 0 bridgehead atoms. The van der Waals surface area contributed by atoms with Crippen molar-refractivity contribution in [2.75, 3.05) is 20.1 Å². The van der Waals surface area contributed by atoms with Gasteiger partial charge in [0, 0.05) is 32.6 Å². The normalized spacial score (nSPS) is 16.0. The van der Waals surface area contributed by atoms with E-state index in [0.717, 1.165) is 5.56 Å². The van der Waals surface area contributed by atoms with Crippen LogP contribution in [0.3, 0.4) is 0 Å². The molecule has 1 saturated heterocycles. The van der Waals surface area contributed by atoms with Gasteiger partial charge in [0.25, 0.3) is 0 Å². The van der Waals surface area contributed by atoms with E-state index in [-0.39, 0.29) is 16.7 Å². The molecule has 2 aromatic rings. The van der Waals surface area contributed by atoms with Crippen LogP contribution in [0.1, 0.15) is 24.0 Å². The van der Waals surface area contributed by atoms with E-state index in [1.807, 2.05) is 22.9 Å². The van der Waals surface area contributed by atoms with E-state index in [0.29, 0.717) is 38.0 Å². The number of hydrogen-bond acceptors (Lipinski definition) is 5. The smallest absolute Gasteiger partial charge is 0.243 e. The molecule has 1 fully saturated rings. The van der Waals surface area contributed by atoms with Crippen molar-refractivity contribution in [1.82, 2.24) is 9.21 Å². The topological polar surface area (TPSA) is 81.5 Å². The number of nitrogens with zero attached hydrogens (tertiary/aromatic N) is 3. The lowest BCUT2D eigenvalue weighted by molar-refractivity contribution is -0.135. The summed E-state index contributed by atoms with van der Waals surface area (Å²) in [5, 5.41) is 12.9. The molecule has 1 aliphatic rings. The second kappa shape index (κ2) is 8.21. The highest BCUT2D eigenvalue weighted by Crippen LogP contribution is 2.25. The first-order chi connectivity index (χ1) is 12.9. The molecule has 0 atom stereocenters. The Morgan fingerprint density at radius 1 is 1.26 bits per heavy atom. The van der Waals surface area contributed by atoms with Gasteiger partial charge in [-0.3, -0.25) is 4.79 Å². The van der Waals surface area contributed by atoms with E-state index >= 15 is 0 Å². The predicted molar refractivity (Wildman–Crippen MR) is 103 cm³/mol. The minimum Gasteiger partial charge on any atom is -0.341 e. The zero-order valence-electron chi connectivity index (χ0n) is 15.0. The summed E-state index contributed by atoms with van der Waals surface area (Å²) in [6.07, 6.45) is 1.03. The molecular formula is C19H21N3O3S2. The van der Waals surface area contributed by atoms with Gasteiger partial charge in [-0.2, -0.15) is 20.9 Å². The van der Waals surface area contributed by atoms with Gasteiger partial charge >= 0.3 is 0 Å². The zero-order chi connectivity index (χ0) is 19.4. The molecule has 0 saturated carbocycles. The van der Waals surface area contributed by atoms with Gasteiger partial charge in [0.2, 0.25) is 15.9 Å². The van der Waals surface area contributed by atoms with Crippen LogP contribution in [-0.2, 0) is 21.4 Å². The number of benzene rings is 1. The number of thiophene rings is 1. The van der Waals surface area contributed by atoms with Gasteiger partial charge in [0.1, 0.15) is 0 Å². The van der Waals surface area contributed by atoms with E-state index in [4.69, 9.17) is 5.26 Å². The highest BCUT2D eigenvalue weighted by atomic mass is 32.2. The molecule has 0 radical (unpaired) electrons. The predicted octanol–water partition coefficient (Wildman–Crippen LogP) is 2.68. The fourth-order valence-corrected chi connectivity index (χ4v) is 5.37. The van der Waals surface area contributed by atoms with Crippen LogP contribution < -0.4 is 0 Å². The molecule has 3 rings (SSSR count). The molecule has 0 unspecified atom stereocenters. The van der Waals surface area contributed by atoms with Crippen molar-refractivity contribution in [2.45, 2.75) is 24.3 Å². The average Bonchev–Trinajstić information content (AvgIpc) is 3.20. The maximum absolute atomic E-state index is 12.8. The van der Waals surface area contributed by atoms with Gasteiger partial charge in [-0.25, -0.2) is 8.42 Å². The Balaban J connectivity index is 1.60. The van der Waals surface area contributed by atoms with Crippen LogP contribution in [0.2, 0.25) is 0 Å². The largest absolute Gasteiger partial charge is 0.341 e. The van der Waals surface area contributed by atoms with Crippen LogP contribution in [0, 0.1) is 17.2 Å². The standard InChI is InChI=1S/C19H21N3O3S2/c1-21(13-16-8-11-26-14-16)19(23)17-6-9-22(10-7-17)27(24,25)18-4-2-15(12-20)3-5-18/h2-5,8,11,14,17H,6-7,9-10,13H2,1H3. The van der Waals surface area contributed by atoms with Gasteiger partial charge in [-0.15, -0.1) is 0 Å². The molecule has 2 heterocycles. The van der Waals surface area contributed by atoms with Crippen LogP contribution >= 0.6 is 11.3 Å². The third-order valence-corrected chi connectivity index (χ3v) is 7.45. The van der Waals surface area contributed by atoms with Crippen LogP contribution in [0.4, 0.5) is 0 Å². The third-order valence-electron chi connectivity index (χ3n) is 4.80. The van der Waals surface area contributed by atoms with Crippen LogP contribution in [0.25, 0.3) is 0 Å². The van der Waals surface area contributed by atoms with Gasteiger partial charge in [0.15, 0.2) is 0 Å². The van der Waals surface area contributed by atoms with E-state index in [2.05, 4.69) is 0 Å². The quantitative estimate of drug-likeness (QED) is 0.769. The number of carbonyl (C=O) groups excluding carboxylic acids is 1. The number of rotatable bonds is 5. The fraction of sp³-hybridized carbons (Fsp3) is 0.368. The minimum atomic E-state index is -3.60. The number of sulfonamides is 1. The summed E-state index contributed by atoms with van der Waals surface area (Å²) in [5.41, 5.74) is 1.53. The Morgan fingerprint density at radius 3 is 2.48 bits per heavy atom. The molecule has 6 nitrogen and oxygen atoms in total. The average molecular weight is 404 g/mol. The van der Waals surface area contributed by atoms with Crippen molar-refractivity contribution in [3.63, 3.8) is 0 Å². The fourth-order valence-electron chi connectivity index (χ4n) is 3.24. The molecule has 1 aromatic heterocycles. The first-order valence-corrected chi connectivity index (χ1v) is 11.1. The minimum absolute atomic E-state index is 0.0663. The van der Waals surface area contributed by atoms with Gasteiger partial charge in [0.05, 0.1) is 16.5 Å². The molecule has 0 spiro atoms. The lowest BCUT2D eigenvalue weighted by atomic mass is 9.96. The summed E-state index contributed by atoms with van der Waals surface area (Å²) < 4.78 is 26.9. The lowest BCUT2D eigenvalue weighted by Crippen LogP contribution is -2.43. The Bertz CT molecular complexity index is 924. The van der Waals surface area contributed by atoms with Crippen molar-refractivity contribution in [3.8, 4) is 6.07 Å². The Kier molecular flexibility index (Phi) is 5.95. The summed E-state index contributed by atoms with van der Waals surface area (Å²) in [5.74, 6) is -0.0855. The van der Waals surface area contributed by atoms with Crippen molar-refractivity contribution in [2.24, 2.45) is 5.92 Å². The van der Waals surface area contributed by atoms with Gasteiger partial charge in [-0.05, 0) is 59.5 Å². The summed E-state index contributed by atoms with van der Waals surface area (Å²) in [6.45, 7) is 1.22. The highest BCUT2D eigenvalue weighted by molar-refractivity contribution is 7.89. The maximum Gasteiger partial charge on any atom is 0.243 e. The second-order valence-corrected chi connectivity index (χ2v) is 9.36. The van der Waals surface area contributed by atoms with Crippen molar-refractivity contribution in [1.29, 1.82) is 5.26 Å². The number of amides is 1. The number of nitriles is 1. The lowest BCUT2D eigenvalue weighted by Gasteiger charge is -2.32. The van der Waals surface area contributed by atoms with Crippen molar-refractivity contribution < 1.29 is 13.2 Å². The Labute approximate surface area is 163 Å².